The molecule has 1 amide bonds. The number of hydrogen-bond acceptors (Lipinski definition) is 4. The molecule has 2 N–H and O–H groups in total. The third-order valence-electron chi connectivity index (χ3n) is 3.12. The fourth-order valence-corrected chi connectivity index (χ4v) is 2.75. The molecule has 0 unspecified atom stereocenters. The standard InChI is InChI=1S/C17H20N2O2S/c1-13(11-14-3-2-8-18-12-14)19-17(21)15-4-6-16(7-5-15)22-10-9-20/h2-8,12-13,20H,9-11H2,1H3,(H,19,21)/t13-/m0/s1. The van der Waals surface area contributed by atoms with E-state index in [1.807, 2.05) is 49.5 Å². The third-order valence-corrected chi connectivity index (χ3v) is 4.11. The Morgan fingerprint density at radius 2 is 2.09 bits per heavy atom. The van der Waals surface area contributed by atoms with Crippen LogP contribution < -0.4 is 5.32 Å². The molecule has 1 heterocycles. The topological polar surface area (TPSA) is 62.2 Å². The summed E-state index contributed by atoms with van der Waals surface area (Å²) in [7, 11) is 0. The molecule has 0 radical (unpaired) electrons. The number of aliphatic hydroxyl groups excluding tert-OH is 1. The lowest BCUT2D eigenvalue weighted by Gasteiger charge is -2.14. The van der Waals surface area contributed by atoms with E-state index in [9.17, 15) is 4.79 Å². The van der Waals surface area contributed by atoms with Gasteiger partial charge >= 0.3 is 0 Å². The first kappa shape index (κ1) is 16.5. The molecule has 0 saturated heterocycles. The number of nitrogens with zero attached hydrogens (tertiary/aromatic N) is 1. The first-order valence-corrected chi connectivity index (χ1v) is 8.21. The van der Waals surface area contributed by atoms with Crippen molar-refractivity contribution in [3.63, 3.8) is 0 Å². The predicted octanol–water partition coefficient (Wildman–Crippen LogP) is 2.53. The maximum absolute atomic E-state index is 12.2. The van der Waals surface area contributed by atoms with Crippen LogP contribution in [0.5, 0.6) is 0 Å². The molecule has 4 nitrogen and oxygen atoms in total. The molecule has 0 aliphatic carbocycles. The molecular weight excluding hydrogens is 296 g/mol. The monoisotopic (exact) mass is 316 g/mol. The van der Waals surface area contributed by atoms with Gasteiger partial charge in [-0.3, -0.25) is 9.78 Å². The minimum absolute atomic E-state index is 0.0418. The van der Waals surface area contributed by atoms with Crippen molar-refractivity contribution in [2.75, 3.05) is 12.4 Å². The van der Waals surface area contributed by atoms with Crippen molar-refractivity contribution in [1.82, 2.24) is 10.3 Å². The quantitative estimate of drug-likeness (QED) is 0.771. The van der Waals surface area contributed by atoms with Gasteiger partial charge in [-0.15, -0.1) is 11.8 Å². The van der Waals surface area contributed by atoms with E-state index in [1.165, 1.54) is 0 Å². The van der Waals surface area contributed by atoms with E-state index >= 15 is 0 Å². The summed E-state index contributed by atoms with van der Waals surface area (Å²) < 4.78 is 0. The van der Waals surface area contributed by atoms with Gasteiger partial charge in [-0.25, -0.2) is 0 Å². The second-order valence-corrected chi connectivity index (χ2v) is 6.20. The fraction of sp³-hybridized carbons (Fsp3) is 0.294. The molecule has 22 heavy (non-hydrogen) atoms. The molecule has 1 atom stereocenters. The van der Waals surface area contributed by atoms with E-state index in [4.69, 9.17) is 5.11 Å². The van der Waals surface area contributed by atoms with E-state index in [0.29, 0.717) is 11.3 Å². The van der Waals surface area contributed by atoms with Gasteiger partial charge in [-0.2, -0.15) is 0 Å². The lowest BCUT2D eigenvalue weighted by molar-refractivity contribution is 0.0940. The van der Waals surface area contributed by atoms with E-state index in [-0.39, 0.29) is 18.6 Å². The molecule has 0 saturated carbocycles. The van der Waals surface area contributed by atoms with Gasteiger partial charge in [-0.05, 0) is 49.2 Å². The first-order chi connectivity index (χ1) is 10.7. The maximum Gasteiger partial charge on any atom is 0.251 e. The molecule has 2 rings (SSSR count). The van der Waals surface area contributed by atoms with Crippen LogP contribution in [0.25, 0.3) is 0 Å². The summed E-state index contributed by atoms with van der Waals surface area (Å²) >= 11 is 1.57. The van der Waals surface area contributed by atoms with Crippen molar-refractivity contribution < 1.29 is 9.90 Å². The lowest BCUT2D eigenvalue weighted by Crippen LogP contribution is -2.34. The van der Waals surface area contributed by atoms with Crippen LogP contribution in [0.4, 0.5) is 0 Å². The smallest absolute Gasteiger partial charge is 0.251 e. The Labute approximate surface area is 135 Å². The SMILES string of the molecule is C[C@@H](Cc1cccnc1)NC(=O)c1ccc(SCCO)cc1. The summed E-state index contributed by atoms with van der Waals surface area (Å²) in [5.74, 6) is 0.586. The lowest BCUT2D eigenvalue weighted by atomic mass is 10.1. The third kappa shape index (κ3) is 5.16. The number of hydrogen-bond donors (Lipinski definition) is 2. The van der Waals surface area contributed by atoms with Crippen LogP contribution in [-0.4, -0.2) is 34.4 Å². The van der Waals surface area contributed by atoms with Gasteiger partial charge < -0.3 is 10.4 Å². The number of rotatable bonds is 7. The van der Waals surface area contributed by atoms with Crippen molar-refractivity contribution in [1.29, 1.82) is 0 Å². The van der Waals surface area contributed by atoms with Gasteiger partial charge in [0.25, 0.3) is 5.91 Å². The van der Waals surface area contributed by atoms with Gasteiger partial charge in [-0.1, -0.05) is 6.07 Å². The van der Waals surface area contributed by atoms with Gasteiger partial charge in [0.1, 0.15) is 0 Å². The zero-order valence-corrected chi connectivity index (χ0v) is 13.3. The highest BCUT2D eigenvalue weighted by Crippen LogP contribution is 2.17. The van der Waals surface area contributed by atoms with Crippen LogP contribution in [0.3, 0.4) is 0 Å². The van der Waals surface area contributed by atoms with E-state index in [2.05, 4.69) is 10.3 Å². The molecule has 0 fully saturated rings. The van der Waals surface area contributed by atoms with Crippen LogP contribution in [0.2, 0.25) is 0 Å². The van der Waals surface area contributed by atoms with E-state index in [1.54, 1.807) is 18.0 Å². The van der Waals surface area contributed by atoms with Gasteiger partial charge in [0.15, 0.2) is 0 Å². The number of carbonyl (C=O) groups excluding carboxylic acids is 1. The second kappa shape index (κ2) is 8.56. The minimum Gasteiger partial charge on any atom is -0.396 e. The number of thioether (sulfide) groups is 1. The molecule has 2 aromatic rings. The molecule has 0 aliphatic heterocycles. The van der Waals surface area contributed by atoms with Crippen molar-refractivity contribution in [3.8, 4) is 0 Å². The van der Waals surface area contributed by atoms with Crippen LogP contribution in [-0.2, 0) is 6.42 Å². The average molecular weight is 316 g/mol. The predicted molar refractivity (Wildman–Crippen MR) is 89.1 cm³/mol. The van der Waals surface area contributed by atoms with Crippen molar-refractivity contribution >= 4 is 17.7 Å². The summed E-state index contributed by atoms with van der Waals surface area (Å²) in [5, 5.41) is 11.8. The van der Waals surface area contributed by atoms with E-state index < -0.39 is 0 Å². The van der Waals surface area contributed by atoms with Gasteiger partial charge in [0.05, 0.1) is 6.61 Å². The maximum atomic E-state index is 12.2. The Balaban J connectivity index is 1.88. The van der Waals surface area contributed by atoms with Gasteiger partial charge in [0.2, 0.25) is 0 Å². The fourth-order valence-electron chi connectivity index (χ4n) is 2.10. The number of amides is 1. The molecule has 1 aromatic heterocycles. The summed E-state index contributed by atoms with van der Waals surface area (Å²) in [4.78, 5) is 17.3. The summed E-state index contributed by atoms with van der Waals surface area (Å²) in [6.07, 6.45) is 4.31. The zero-order chi connectivity index (χ0) is 15.8. The van der Waals surface area contributed by atoms with Crippen molar-refractivity contribution in [3.05, 3.63) is 59.9 Å². The largest absolute Gasteiger partial charge is 0.396 e. The molecule has 1 aromatic carbocycles. The number of aromatic nitrogens is 1. The van der Waals surface area contributed by atoms with Crippen LogP contribution >= 0.6 is 11.8 Å². The number of pyridine rings is 1. The normalized spacial score (nSPS) is 11.9. The van der Waals surface area contributed by atoms with Gasteiger partial charge in [0, 0.05) is 34.6 Å². The Kier molecular flexibility index (Phi) is 6.43. The highest BCUT2D eigenvalue weighted by Gasteiger charge is 2.10. The summed E-state index contributed by atoms with van der Waals surface area (Å²) in [5.41, 5.74) is 1.75. The molecule has 116 valence electrons. The van der Waals surface area contributed by atoms with E-state index in [0.717, 1.165) is 16.9 Å². The molecule has 5 heteroatoms. The Morgan fingerprint density at radius 1 is 1.32 bits per heavy atom. The number of aliphatic hydroxyl groups is 1. The molecule has 0 bridgehead atoms. The first-order valence-electron chi connectivity index (χ1n) is 7.22. The van der Waals surface area contributed by atoms with Crippen molar-refractivity contribution in [2.45, 2.75) is 24.3 Å². The summed E-state index contributed by atoms with van der Waals surface area (Å²) in [6.45, 7) is 2.13. The molecular formula is C17H20N2O2S. The number of nitrogens with one attached hydrogen (secondary N) is 1. The summed E-state index contributed by atoms with van der Waals surface area (Å²) in [6, 6.07) is 11.4. The van der Waals surface area contributed by atoms with Crippen molar-refractivity contribution in [2.24, 2.45) is 0 Å². The second-order valence-electron chi connectivity index (χ2n) is 5.04. The Hall–Kier alpha value is -1.85. The Bertz CT molecular complexity index is 587. The highest BCUT2D eigenvalue weighted by atomic mass is 32.2. The molecule has 0 spiro atoms. The average Bonchev–Trinajstić information content (AvgIpc) is 2.54. The number of carbonyl (C=O) groups is 1. The van der Waals surface area contributed by atoms with Crippen LogP contribution in [0.1, 0.15) is 22.8 Å². The van der Waals surface area contributed by atoms with Crippen LogP contribution in [0.15, 0.2) is 53.7 Å². The van der Waals surface area contributed by atoms with Crippen LogP contribution in [0, 0.1) is 0 Å². The minimum atomic E-state index is -0.0740. The number of benzene rings is 1. The highest BCUT2D eigenvalue weighted by molar-refractivity contribution is 7.99. The Morgan fingerprint density at radius 3 is 2.73 bits per heavy atom. The molecule has 0 aliphatic rings. The zero-order valence-electron chi connectivity index (χ0n) is 12.5.